The minimum Gasteiger partial charge on any atom is -0.339 e. The number of carbonyl (C=O) groups is 1. The number of rotatable bonds is 3. The second kappa shape index (κ2) is 8.42. The van der Waals surface area contributed by atoms with Crippen LogP contribution in [0.5, 0.6) is 0 Å². The minimum atomic E-state index is -0.541. The first-order valence-corrected chi connectivity index (χ1v) is 7.32. The molecule has 2 aliphatic rings. The molecule has 2 rings (SSSR count). The number of hydrogen-bond acceptors (Lipinski definition) is 3. The minimum absolute atomic E-state index is 0. The molecule has 0 unspecified atom stereocenters. The van der Waals surface area contributed by atoms with E-state index in [0.717, 1.165) is 58.4 Å². The lowest BCUT2D eigenvalue weighted by Gasteiger charge is -2.39. The lowest BCUT2D eigenvalue weighted by atomic mass is 9.97. The Labute approximate surface area is 135 Å². The molecule has 0 aromatic heterocycles. The number of carbonyl (C=O) groups excluding carboxylic acids is 1. The Bertz CT molecular complexity index is 299. The molecule has 120 valence electrons. The van der Waals surface area contributed by atoms with Crippen molar-refractivity contribution >= 4 is 30.7 Å². The standard InChI is InChI=1S/C14H27N3O.2ClH/c1-12(2)11-16-7-9-17(10-8-16)13(18)14(15)5-3-4-6-14;;/h12H,3-11,15H2,1-2H3;2*1H. The van der Waals surface area contributed by atoms with Crippen molar-refractivity contribution in [3.63, 3.8) is 0 Å². The maximum Gasteiger partial charge on any atom is 0.242 e. The average Bonchev–Trinajstić information content (AvgIpc) is 2.77. The first-order chi connectivity index (χ1) is 8.51. The molecule has 0 aromatic carbocycles. The topological polar surface area (TPSA) is 49.6 Å². The Hall–Kier alpha value is -0.0300. The fourth-order valence-electron chi connectivity index (χ4n) is 3.18. The highest BCUT2D eigenvalue weighted by atomic mass is 35.5. The summed E-state index contributed by atoms with van der Waals surface area (Å²) in [6, 6.07) is 0. The Kier molecular flexibility index (Phi) is 8.41. The highest BCUT2D eigenvalue weighted by molar-refractivity contribution is 5.86. The van der Waals surface area contributed by atoms with Crippen molar-refractivity contribution in [3.05, 3.63) is 0 Å². The number of nitrogens with zero attached hydrogens (tertiary/aromatic N) is 2. The van der Waals surface area contributed by atoms with E-state index in [-0.39, 0.29) is 30.7 Å². The summed E-state index contributed by atoms with van der Waals surface area (Å²) >= 11 is 0. The van der Waals surface area contributed by atoms with Crippen LogP contribution >= 0.6 is 24.8 Å². The summed E-state index contributed by atoms with van der Waals surface area (Å²) in [4.78, 5) is 16.9. The predicted molar refractivity (Wildman–Crippen MR) is 87.7 cm³/mol. The van der Waals surface area contributed by atoms with E-state index in [9.17, 15) is 4.79 Å². The molecule has 6 heteroatoms. The van der Waals surface area contributed by atoms with E-state index >= 15 is 0 Å². The van der Waals surface area contributed by atoms with Crippen LogP contribution in [0.15, 0.2) is 0 Å². The summed E-state index contributed by atoms with van der Waals surface area (Å²) in [5, 5.41) is 0. The second-order valence-electron chi connectivity index (χ2n) is 6.35. The summed E-state index contributed by atoms with van der Waals surface area (Å²) in [5.74, 6) is 0.895. The van der Waals surface area contributed by atoms with Gasteiger partial charge in [0.15, 0.2) is 0 Å². The molecule has 4 nitrogen and oxygen atoms in total. The Balaban J connectivity index is 0.00000180. The number of hydrogen-bond donors (Lipinski definition) is 1. The van der Waals surface area contributed by atoms with E-state index in [2.05, 4.69) is 18.7 Å². The van der Waals surface area contributed by atoms with Gasteiger partial charge in [0.05, 0.1) is 5.54 Å². The van der Waals surface area contributed by atoms with E-state index in [1.54, 1.807) is 0 Å². The van der Waals surface area contributed by atoms with Crippen LogP contribution in [0.25, 0.3) is 0 Å². The largest absolute Gasteiger partial charge is 0.339 e. The van der Waals surface area contributed by atoms with Gasteiger partial charge in [0.25, 0.3) is 0 Å². The van der Waals surface area contributed by atoms with Gasteiger partial charge in [-0.1, -0.05) is 26.7 Å². The Morgan fingerprint density at radius 2 is 1.60 bits per heavy atom. The maximum absolute atomic E-state index is 12.4. The van der Waals surface area contributed by atoms with Crippen molar-refractivity contribution in [1.29, 1.82) is 0 Å². The summed E-state index contributed by atoms with van der Waals surface area (Å²) in [5.41, 5.74) is 5.70. The fraction of sp³-hybridized carbons (Fsp3) is 0.929. The number of amides is 1. The molecule has 0 bridgehead atoms. The second-order valence-corrected chi connectivity index (χ2v) is 6.35. The first kappa shape index (κ1) is 20.0. The van der Waals surface area contributed by atoms with Gasteiger partial charge in [-0.15, -0.1) is 24.8 Å². The molecule has 1 aliphatic carbocycles. The smallest absolute Gasteiger partial charge is 0.242 e. The number of halogens is 2. The van der Waals surface area contributed by atoms with Gasteiger partial charge in [0.2, 0.25) is 5.91 Å². The van der Waals surface area contributed by atoms with Gasteiger partial charge in [-0.25, -0.2) is 0 Å². The highest BCUT2D eigenvalue weighted by Gasteiger charge is 2.40. The highest BCUT2D eigenvalue weighted by Crippen LogP contribution is 2.29. The quantitative estimate of drug-likeness (QED) is 0.862. The molecule has 0 spiro atoms. The normalized spacial score (nSPS) is 22.3. The predicted octanol–water partition coefficient (Wildman–Crippen LogP) is 1.90. The molecular formula is C14H29Cl2N3O. The van der Waals surface area contributed by atoms with Crippen LogP contribution in [0, 0.1) is 5.92 Å². The monoisotopic (exact) mass is 325 g/mol. The van der Waals surface area contributed by atoms with Crippen molar-refractivity contribution < 1.29 is 4.79 Å². The van der Waals surface area contributed by atoms with Crippen LogP contribution in [-0.4, -0.2) is 54.0 Å². The van der Waals surface area contributed by atoms with Gasteiger partial charge >= 0.3 is 0 Å². The van der Waals surface area contributed by atoms with Gasteiger partial charge in [-0.3, -0.25) is 9.69 Å². The van der Waals surface area contributed by atoms with Gasteiger partial charge in [0.1, 0.15) is 0 Å². The van der Waals surface area contributed by atoms with Crippen LogP contribution in [-0.2, 0) is 4.79 Å². The number of piperazine rings is 1. The molecule has 1 saturated heterocycles. The summed E-state index contributed by atoms with van der Waals surface area (Å²) in [6.07, 6.45) is 3.96. The van der Waals surface area contributed by atoms with Crippen molar-refractivity contribution in [2.45, 2.75) is 45.1 Å². The molecule has 1 aliphatic heterocycles. The SMILES string of the molecule is CC(C)CN1CCN(C(=O)C2(N)CCCC2)CC1.Cl.Cl. The van der Waals surface area contributed by atoms with Crippen LogP contribution in [0.3, 0.4) is 0 Å². The van der Waals surface area contributed by atoms with Gasteiger partial charge in [-0.05, 0) is 18.8 Å². The first-order valence-electron chi connectivity index (χ1n) is 7.32. The molecule has 2 N–H and O–H groups in total. The van der Waals surface area contributed by atoms with E-state index < -0.39 is 5.54 Å². The molecule has 2 fully saturated rings. The van der Waals surface area contributed by atoms with E-state index in [4.69, 9.17) is 5.73 Å². The molecular weight excluding hydrogens is 297 g/mol. The Morgan fingerprint density at radius 1 is 1.10 bits per heavy atom. The third-order valence-electron chi connectivity index (χ3n) is 4.20. The third-order valence-corrected chi connectivity index (χ3v) is 4.20. The van der Waals surface area contributed by atoms with Crippen LogP contribution < -0.4 is 5.73 Å². The molecule has 1 heterocycles. The van der Waals surface area contributed by atoms with Gasteiger partial charge in [-0.2, -0.15) is 0 Å². The van der Waals surface area contributed by atoms with Crippen LogP contribution in [0.4, 0.5) is 0 Å². The van der Waals surface area contributed by atoms with Crippen molar-refractivity contribution in [3.8, 4) is 0 Å². The molecule has 0 aromatic rings. The number of nitrogens with two attached hydrogens (primary N) is 1. The molecule has 1 amide bonds. The molecule has 0 atom stereocenters. The van der Waals surface area contributed by atoms with Crippen molar-refractivity contribution in [2.75, 3.05) is 32.7 Å². The zero-order valence-corrected chi connectivity index (χ0v) is 14.3. The maximum atomic E-state index is 12.4. The van der Waals surface area contributed by atoms with Crippen LogP contribution in [0.2, 0.25) is 0 Å². The molecule has 0 radical (unpaired) electrons. The lowest BCUT2D eigenvalue weighted by Crippen LogP contribution is -2.58. The van der Waals surface area contributed by atoms with E-state index in [1.807, 2.05) is 4.90 Å². The molecule has 20 heavy (non-hydrogen) atoms. The lowest BCUT2D eigenvalue weighted by molar-refractivity contribution is -0.138. The van der Waals surface area contributed by atoms with Crippen LogP contribution in [0.1, 0.15) is 39.5 Å². The Morgan fingerprint density at radius 3 is 2.05 bits per heavy atom. The van der Waals surface area contributed by atoms with Crippen molar-refractivity contribution in [2.24, 2.45) is 11.7 Å². The summed E-state index contributed by atoms with van der Waals surface area (Å²) in [7, 11) is 0. The third kappa shape index (κ3) is 4.76. The van der Waals surface area contributed by atoms with E-state index in [1.165, 1.54) is 0 Å². The molecule has 1 saturated carbocycles. The van der Waals surface area contributed by atoms with Gasteiger partial charge in [0, 0.05) is 32.7 Å². The summed E-state index contributed by atoms with van der Waals surface area (Å²) < 4.78 is 0. The zero-order valence-electron chi connectivity index (χ0n) is 12.6. The zero-order chi connectivity index (χ0) is 13.2. The summed E-state index contributed by atoms with van der Waals surface area (Å²) in [6.45, 7) is 9.32. The fourth-order valence-corrected chi connectivity index (χ4v) is 3.18. The average molecular weight is 326 g/mol. The van der Waals surface area contributed by atoms with E-state index in [0.29, 0.717) is 5.92 Å². The van der Waals surface area contributed by atoms with Crippen molar-refractivity contribution in [1.82, 2.24) is 9.80 Å². The van der Waals surface area contributed by atoms with Gasteiger partial charge < -0.3 is 10.6 Å².